The quantitative estimate of drug-likeness (QED) is 0.0450. The third-order valence-electron chi connectivity index (χ3n) is 27.9. The Labute approximate surface area is 521 Å². The lowest BCUT2D eigenvalue weighted by atomic mass is 9.33. The standard InChI is InChI=1S/C39H61NO7.C33H52N2O5/c1-22(2)30-25(42)20-39(32(46-23(3)41)33(45)40-21-29(44)47-34(4,5)6)19-18-37(10)24(31(30)39)12-13-27-36(9)16-15-28(43)35(7,8)26(36)14-17-38(27,37)11;1-18(2)25-21(37)17-33(27(28(39)35-34)40-19(3)36)16-15-31(7)20(26(25)33)9-10-23-30(6)13-12-24(38)29(4,5)22(30)11-14-32(23,31)8/h22,24,26-28,32,43H,12-21H2,1-11H3,(H,40,45);18,20,22-24,27,38H,9-17,34H2,1-8H3,(H,35,39)/t24-,26+,27-,28+,32?,36+,37-,38-,39-;20-,22+,23-,24+,27?,30+,31-,32-,33-/m11/s1. The first kappa shape index (κ1) is 67.4. The fourth-order valence-corrected chi connectivity index (χ4v) is 23.8. The van der Waals surface area contributed by atoms with Crippen LogP contribution in [0.2, 0.25) is 0 Å². The number of allylic oxidation sites excluding steroid dienone is 2. The molecule has 0 aromatic rings. The summed E-state index contributed by atoms with van der Waals surface area (Å²) >= 11 is 0. The Hall–Kier alpha value is -3.95. The van der Waals surface area contributed by atoms with Crippen LogP contribution in [0.25, 0.3) is 0 Å². The van der Waals surface area contributed by atoms with Crippen molar-refractivity contribution in [3.05, 3.63) is 22.3 Å². The van der Waals surface area contributed by atoms with Gasteiger partial charge in [0.15, 0.2) is 23.8 Å². The van der Waals surface area contributed by atoms with Crippen molar-refractivity contribution in [2.75, 3.05) is 6.54 Å². The first-order chi connectivity index (χ1) is 40.1. The minimum Gasteiger partial charge on any atom is -0.459 e. The topological polar surface area (TPSA) is 238 Å². The van der Waals surface area contributed by atoms with E-state index in [1.165, 1.54) is 13.8 Å². The van der Waals surface area contributed by atoms with Crippen molar-refractivity contribution in [2.24, 2.45) is 107 Å². The van der Waals surface area contributed by atoms with Crippen LogP contribution < -0.4 is 16.6 Å². The number of rotatable bonds is 10. The van der Waals surface area contributed by atoms with E-state index < -0.39 is 58.4 Å². The van der Waals surface area contributed by atoms with Gasteiger partial charge in [-0.1, -0.05) is 96.9 Å². The average Bonchev–Trinajstić information content (AvgIpc) is 1.45. The molecule has 0 aromatic heterocycles. The van der Waals surface area contributed by atoms with Crippen LogP contribution >= 0.6 is 0 Å². The predicted molar refractivity (Wildman–Crippen MR) is 333 cm³/mol. The summed E-state index contributed by atoms with van der Waals surface area (Å²) in [6, 6.07) is 0. The number of ether oxygens (including phenoxy) is 3. The lowest BCUT2D eigenvalue weighted by Crippen LogP contribution is -2.66. The third kappa shape index (κ3) is 10.1. The lowest BCUT2D eigenvalue weighted by molar-refractivity contribution is -0.230. The average molecular weight is 1210 g/mol. The van der Waals surface area contributed by atoms with Gasteiger partial charge in [0.1, 0.15) is 12.1 Å². The van der Waals surface area contributed by atoms with E-state index >= 15 is 0 Å². The summed E-state index contributed by atoms with van der Waals surface area (Å²) in [5.74, 6) is 5.09. The summed E-state index contributed by atoms with van der Waals surface area (Å²) in [5, 5.41) is 24.8. The molecule has 0 saturated heterocycles. The molecular formula is C72H113N3O12. The van der Waals surface area contributed by atoms with Crippen molar-refractivity contribution < 1.29 is 58.0 Å². The third-order valence-corrected chi connectivity index (χ3v) is 27.9. The molecule has 0 radical (unpaired) electrons. The number of carbonyl (C=O) groups excluding carboxylic acids is 7. The largest absolute Gasteiger partial charge is 0.459 e. The molecule has 10 rings (SSSR count). The highest BCUT2D eigenvalue weighted by atomic mass is 16.6. The number of carbonyl (C=O) groups is 7. The molecule has 2 amide bonds. The summed E-state index contributed by atoms with van der Waals surface area (Å²) in [5.41, 5.74) is 3.41. The monoisotopic (exact) mass is 1210 g/mol. The number of nitrogens with one attached hydrogen (secondary N) is 2. The van der Waals surface area contributed by atoms with Crippen LogP contribution in [0.15, 0.2) is 22.3 Å². The maximum atomic E-state index is 14.1. The van der Waals surface area contributed by atoms with Crippen molar-refractivity contribution in [1.82, 2.24) is 10.7 Å². The molecule has 15 nitrogen and oxygen atoms in total. The Morgan fingerprint density at radius 1 is 0.529 bits per heavy atom. The van der Waals surface area contributed by atoms with E-state index in [2.05, 4.69) is 108 Å². The maximum absolute atomic E-state index is 14.1. The van der Waals surface area contributed by atoms with Crippen LogP contribution in [0.3, 0.4) is 0 Å². The second kappa shape index (κ2) is 22.4. The van der Waals surface area contributed by atoms with Crippen molar-refractivity contribution in [2.45, 2.75) is 277 Å². The zero-order valence-corrected chi connectivity index (χ0v) is 56.9. The number of aliphatic hydroxyl groups excluding tert-OH is 2. The fraction of sp³-hybridized carbons (Fsp3) is 0.847. The fourth-order valence-electron chi connectivity index (χ4n) is 23.8. The molecule has 2 unspecified atom stereocenters. The number of hydrogen-bond acceptors (Lipinski definition) is 13. The van der Waals surface area contributed by atoms with E-state index in [4.69, 9.17) is 20.1 Å². The number of nitrogens with two attached hydrogens (primary N) is 1. The molecule has 8 fully saturated rings. The summed E-state index contributed by atoms with van der Waals surface area (Å²) in [6.45, 7) is 39.8. The second-order valence-corrected chi connectivity index (χ2v) is 34.2. The number of hydrazine groups is 1. The summed E-state index contributed by atoms with van der Waals surface area (Å²) in [7, 11) is 0. The van der Waals surface area contributed by atoms with Crippen LogP contribution in [0.5, 0.6) is 0 Å². The van der Waals surface area contributed by atoms with Gasteiger partial charge in [0.05, 0.1) is 12.2 Å². The van der Waals surface area contributed by atoms with Gasteiger partial charge in [-0.05, 0) is 236 Å². The van der Waals surface area contributed by atoms with Crippen molar-refractivity contribution in [1.29, 1.82) is 0 Å². The normalized spacial score (nSPS) is 42.2. The van der Waals surface area contributed by atoms with E-state index in [9.17, 15) is 43.8 Å². The summed E-state index contributed by atoms with van der Waals surface area (Å²) in [6.07, 6.45) is 12.4. The Balaban J connectivity index is 0.000000210. The zero-order chi connectivity index (χ0) is 64.7. The molecule has 10 aliphatic rings. The molecular weight excluding hydrogens is 1100 g/mol. The minimum absolute atomic E-state index is 0.00231. The van der Waals surface area contributed by atoms with Gasteiger partial charge in [0.25, 0.3) is 11.8 Å². The highest BCUT2D eigenvalue weighted by Crippen LogP contribution is 2.79. The van der Waals surface area contributed by atoms with Crippen molar-refractivity contribution in [3.8, 4) is 0 Å². The van der Waals surface area contributed by atoms with Gasteiger partial charge >= 0.3 is 17.9 Å². The molecule has 18 atom stereocenters. The molecule has 0 bridgehead atoms. The van der Waals surface area contributed by atoms with Gasteiger partial charge < -0.3 is 29.7 Å². The lowest BCUT2D eigenvalue weighted by Gasteiger charge is -2.72. The molecule has 15 heteroatoms. The molecule has 0 aromatic carbocycles. The molecule has 87 heavy (non-hydrogen) atoms. The Morgan fingerprint density at radius 2 is 0.908 bits per heavy atom. The summed E-state index contributed by atoms with van der Waals surface area (Å²) < 4.78 is 17.1. The molecule has 0 spiro atoms. The first-order valence-electron chi connectivity index (χ1n) is 33.8. The van der Waals surface area contributed by atoms with Crippen molar-refractivity contribution in [3.63, 3.8) is 0 Å². The Kier molecular flexibility index (Phi) is 17.4. The molecule has 0 heterocycles. The van der Waals surface area contributed by atoms with Crippen LogP contribution in [-0.4, -0.2) is 88.1 Å². The summed E-state index contributed by atoms with van der Waals surface area (Å²) in [4.78, 5) is 92.6. The SMILES string of the molecule is CC(=O)OC(C(=O)NCC(=O)OC(C)(C)C)[C@@]12CC[C@]3(C)[C@H](CC[C@@H]4[C@@]5(C)CC[C@H](O)C(C)(C)[C@@H]5CC[C@]43C)C1=C(C(C)C)C(=O)C2.CC(=O)OC(C(=O)NN)[C@@]12CC[C@]3(C)[C@H](CC[C@@H]4[C@@]5(C)CC[C@H](O)C(C)(C)[C@@H]5CC[C@]43C)C1=C(C(C)C)C(=O)C2. The second-order valence-electron chi connectivity index (χ2n) is 34.2. The van der Waals surface area contributed by atoms with E-state index in [1.807, 2.05) is 0 Å². The smallest absolute Gasteiger partial charge is 0.325 e. The molecule has 488 valence electrons. The molecule has 10 aliphatic carbocycles. The Bertz CT molecular complexity index is 2880. The number of ketones is 2. The zero-order valence-electron chi connectivity index (χ0n) is 56.9. The predicted octanol–water partition coefficient (Wildman–Crippen LogP) is 12.0. The number of esters is 3. The molecule has 0 aliphatic heterocycles. The van der Waals surface area contributed by atoms with Gasteiger partial charge in [0.2, 0.25) is 0 Å². The molecule has 6 N–H and O–H groups in total. The molecule has 8 saturated carbocycles. The Morgan fingerprint density at radius 3 is 1.25 bits per heavy atom. The van der Waals surface area contributed by atoms with Gasteiger partial charge in [-0.25, -0.2) is 5.84 Å². The number of aliphatic hydroxyl groups is 2. The van der Waals surface area contributed by atoms with Crippen LogP contribution in [-0.2, 0) is 47.8 Å². The van der Waals surface area contributed by atoms with Crippen LogP contribution in [0, 0.1) is 101 Å². The first-order valence-corrected chi connectivity index (χ1v) is 33.8. The van der Waals surface area contributed by atoms with Crippen LogP contribution in [0.1, 0.15) is 247 Å². The van der Waals surface area contributed by atoms with Gasteiger partial charge in [-0.3, -0.25) is 39.0 Å². The number of fused-ring (bicyclic) bond motifs is 14. The number of amides is 2. The van der Waals surface area contributed by atoms with Crippen molar-refractivity contribution >= 4 is 41.3 Å². The van der Waals surface area contributed by atoms with Gasteiger partial charge in [0, 0.05) is 37.5 Å². The van der Waals surface area contributed by atoms with E-state index in [0.717, 1.165) is 112 Å². The van der Waals surface area contributed by atoms with Gasteiger partial charge in [-0.15, -0.1) is 0 Å². The van der Waals surface area contributed by atoms with E-state index in [0.29, 0.717) is 36.5 Å². The highest BCUT2D eigenvalue weighted by molar-refractivity contribution is 6.03. The maximum Gasteiger partial charge on any atom is 0.325 e. The van der Waals surface area contributed by atoms with Gasteiger partial charge in [-0.2, -0.15) is 0 Å². The van der Waals surface area contributed by atoms with E-state index in [-0.39, 0.29) is 110 Å². The van der Waals surface area contributed by atoms with E-state index in [1.54, 1.807) is 20.8 Å². The van der Waals surface area contributed by atoms with Crippen LogP contribution in [0.4, 0.5) is 0 Å². The number of hydrogen-bond donors (Lipinski definition) is 5. The minimum atomic E-state index is -1.22. The highest BCUT2D eigenvalue weighted by Gasteiger charge is 2.74. The number of Topliss-reactive ketones (excluding diaryl/α,β-unsaturated/α-hetero) is 2.